The second kappa shape index (κ2) is 4.64. The quantitative estimate of drug-likeness (QED) is 0.754. The van der Waals surface area contributed by atoms with Crippen LogP contribution in [0.1, 0.15) is 13.8 Å². The van der Waals surface area contributed by atoms with Crippen LogP contribution in [0.25, 0.3) is 10.2 Å². The van der Waals surface area contributed by atoms with Crippen LogP contribution in [0.2, 0.25) is 5.28 Å². The van der Waals surface area contributed by atoms with Crippen LogP contribution in [0.3, 0.4) is 0 Å². The predicted molar refractivity (Wildman–Crippen MR) is 74.6 cm³/mol. The first-order chi connectivity index (χ1) is 8.63. The standard InChI is InChI=1S/C12H14ClN3OS/c1-7-5-16(6-8(2)17-7)11-10-9(3-4-18-10)14-12(13)15-11/h3-4,7-8H,5-6H2,1-2H3/t7-,8+. The number of fused-ring (bicyclic) bond motifs is 1. The van der Waals surface area contributed by atoms with Gasteiger partial charge in [-0.3, -0.25) is 0 Å². The molecule has 0 aliphatic carbocycles. The number of hydrogen-bond donors (Lipinski definition) is 0. The highest BCUT2D eigenvalue weighted by molar-refractivity contribution is 7.17. The first-order valence-corrected chi connectivity index (χ1v) is 7.20. The van der Waals surface area contributed by atoms with Crippen LogP contribution in [0.15, 0.2) is 11.4 Å². The minimum atomic E-state index is 0.206. The van der Waals surface area contributed by atoms with Gasteiger partial charge in [0.25, 0.3) is 0 Å². The number of nitrogens with zero attached hydrogens (tertiary/aromatic N) is 3. The maximum atomic E-state index is 6.00. The number of ether oxygens (including phenoxy) is 1. The Morgan fingerprint density at radius 2 is 2.06 bits per heavy atom. The Morgan fingerprint density at radius 3 is 2.78 bits per heavy atom. The molecule has 4 nitrogen and oxygen atoms in total. The molecule has 0 bridgehead atoms. The van der Waals surface area contributed by atoms with Crippen LogP contribution in [0.5, 0.6) is 0 Å². The minimum absolute atomic E-state index is 0.206. The first-order valence-electron chi connectivity index (χ1n) is 5.94. The highest BCUT2D eigenvalue weighted by Gasteiger charge is 2.25. The largest absolute Gasteiger partial charge is 0.372 e. The molecule has 3 rings (SSSR count). The average molecular weight is 284 g/mol. The van der Waals surface area contributed by atoms with E-state index in [1.54, 1.807) is 11.3 Å². The van der Waals surface area contributed by atoms with E-state index in [1.165, 1.54) is 0 Å². The summed E-state index contributed by atoms with van der Waals surface area (Å²) in [6.45, 7) is 5.84. The Balaban J connectivity index is 2.05. The number of hydrogen-bond acceptors (Lipinski definition) is 5. The number of aromatic nitrogens is 2. The highest BCUT2D eigenvalue weighted by Crippen LogP contribution is 2.31. The van der Waals surface area contributed by atoms with E-state index in [2.05, 4.69) is 28.7 Å². The van der Waals surface area contributed by atoms with E-state index < -0.39 is 0 Å². The smallest absolute Gasteiger partial charge is 0.224 e. The zero-order valence-electron chi connectivity index (χ0n) is 10.3. The summed E-state index contributed by atoms with van der Waals surface area (Å²) >= 11 is 7.65. The van der Waals surface area contributed by atoms with Crippen molar-refractivity contribution in [1.82, 2.24) is 9.97 Å². The van der Waals surface area contributed by atoms with Crippen molar-refractivity contribution in [2.75, 3.05) is 18.0 Å². The Morgan fingerprint density at radius 1 is 1.33 bits per heavy atom. The molecule has 0 aromatic carbocycles. The summed E-state index contributed by atoms with van der Waals surface area (Å²) in [5, 5.41) is 2.33. The molecule has 0 radical (unpaired) electrons. The van der Waals surface area contributed by atoms with E-state index in [-0.39, 0.29) is 12.2 Å². The third kappa shape index (κ3) is 2.18. The van der Waals surface area contributed by atoms with Crippen LogP contribution in [-0.2, 0) is 4.74 Å². The molecule has 1 aliphatic rings. The van der Waals surface area contributed by atoms with Crippen molar-refractivity contribution in [2.45, 2.75) is 26.1 Å². The fourth-order valence-corrected chi connectivity index (χ4v) is 3.40. The predicted octanol–water partition coefficient (Wildman–Crippen LogP) is 2.96. The molecule has 0 N–H and O–H groups in total. The molecular formula is C12H14ClN3OS. The Labute approximate surface area is 115 Å². The lowest BCUT2D eigenvalue weighted by atomic mass is 10.2. The lowest BCUT2D eigenvalue weighted by molar-refractivity contribution is -0.00536. The molecule has 6 heteroatoms. The number of rotatable bonds is 1. The molecule has 3 heterocycles. The molecule has 0 amide bonds. The van der Waals surface area contributed by atoms with Gasteiger partial charge in [0.05, 0.1) is 22.4 Å². The second-order valence-electron chi connectivity index (χ2n) is 4.61. The molecule has 1 saturated heterocycles. The summed E-state index contributed by atoms with van der Waals surface area (Å²) in [5.41, 5.74) is 0.918. The molecule has 0 unspecified atom stereocenters. The van der Waals surface area contributed by atoms with Gasteiger partial charge in [-0.25, -0.2) is 4.98 Å². The van der Waals surface area contributed by atoms with Crippen molar-refractivity contribution in [3.63, 3.8) is 0 Å². The van der Waals surface area contributed by atoms with Crippen molar-refractivity contribution < 1.29 is 4.74 Å². The Bertz CT molecular complexity index is 563. The van der Waals surface area contributed by atoms with Gasteiger partial charge in [0.15, 0.2) is 5.82 Å². The molecule has 96 valence electrons. The minimum Gasteiger partial charge on any atom is -0.372 e. The number of thiophene rings is 1. The molecular weight excluding hydrogens is 270 g/mol. The van der Waals surface area contributed by atoms with Gasteiger partial charge in [-0.05, 0) is 36.9 Å². The van der Waals surface area contributed by atoms with Gasteiger partial charge in [-0.2, -0.15) is 4.98 Å². The molecule has 2 aromatic rings. The van der Waals surface area contributed by atoms with Gasteiger partial charge in [0, 0.05) is 13.1 Å². The van der Waals surface area contributed by atoms with Gasteiger partial charge < -0.3 is 9.64 Å². The van der Waals surface area contributed by atoms with Crippen LogP contribution >= 0.6 is 22.9 Å². The van der Waals surface area contributed by atoms with E-state index in [0.717, 1.165) is 29.1 Å². The molecule has 1 aliphatic heterocycles. The molecule has 0 saturated carbocycles. The van der Waals surface area contributed by atoms with Crippen molar-refractivity contribution in [2.24, 2.45) is 0 Å². The maximum Gasteiger partial charge on any atom is 0.224 e. The second-order valence-corrected chi connectivity index (χ2v) is 5.87. The van der Waals surface area contributed by atoms with Crippen molar-refractivity contribution in [3.8, 4) is 0 Å². The van der Waals surface area contributed by atoms with Gasteiger partial charge in [-0.15, -0.1) is 11.3 Å². The zero-order chi connectivity index (χ0) is 12.7. The van der Waals surface area contributed by atoms with Crippen molar-refractivity contribution >= 4 is 39.0 Å². The van der Waals surface area contributed by atoms with Gasteiger partial charge in [-0.1, -0.05) is 0 Å². The van der Waals surface area contributed by atoms with Gasteiger partial charge >= 0.3 is 0 Å². The molecule has 18 heavy (non-hydrogen) atoms. The number of halogens is 1. The normalized spacial score (nSPS) is 24.7. The van der Waals surface area contributed by atoms with Crippen molar-refractivity contribution in [3.05, 3.63) is 16.7 Å². The average Bonchev–Trinajstić information content (AvgIpc) is 2.74. The van der Waals surface area contributed by atoms with E-state index in [1.807, 2.05) is 11.4 Å². The number of morpholine rings is 1. The zero-order valence-corrected chi connectivity index (χ0v) is 11.8. The van der Waals surface area contributed by atoms with E-state index in [0.29, 0.717) is 5.28 Å². The van der Waals surface area contributed by atoms with Crippen molar-refractivity contribution in [1.29, 1.82) is 0 Å². The van der Waals surface area contributed by atoms with Gasteiger partial charge in [0.2, 0.25) is 5.28 Å². The third-order valence-electron chi connectivity index (χ3n) is 2.98. The lowest BCUT2D eigenvalue weighted by Crippen LogP contribution is -2.45. The van der Waals surface area contributed by atoms with E-state index in [4.69, 9.17) is 16.3 Å². The lowest BCUT2D eigenvalue weighted by Gasteiger charge is -2.36. The molecule has 2 atom stereocenters. The first kappa shape index (κ1) is 12.1. The summed E-state index contributed by atoms with van der Waals surface area (Å²) in [7, 11) is 0. The van der Waals surface area contributed by atoms with Crippen LogP contribution < -0.4 is 4.90 Å². The summed E-state index contributed by atoms with van der Waals surface area (Å²) < 4.78 is 6.84. The molecule has 1 fully saturated rings. The third-order valence-corrected chi connectivity index (χ3v) is 4.05. The summed E-state index contributed by atoms with van der Waals surface area (Å²) in [6.07, 6.45) is 0.412. The highest BCUT2D eigenvalue weighted by atomic mass is 35.5. The summed E-state index contributed by atoms with van der Waals surface area (Å²) in [4.78, 5) is 10.9. The van der Waals surface area contributed by atoms with E-state index >= 15 is 0 Å². The van der Waals surface area contributed by atoms with Crippen LogP contribution in [0, 0.1) is 0 Å². The van der Waals surface area contributed by atoms with Crippen LogP contribution in [0.4, 0.5) is 5.82 Å². The van der Waals surface area contributed by atoms with Crippen LogP contribution in [-0.4, -0.2) is 35.3 Å². The Hall–Kier alpha value is -0.910. The topological polar surface area (TPSA) is 38.2 Å². The number of anilines is 1. The molecule has 2 aromatic heterocycles. The van der Waals surface area contributed by atoms with Gasteiger partial charge in [0.1, 0.15) is 0 Å². The fraction of sp³-hybridized carbons (Fsp3) is 0.500. The summed E-state index contributed by atoms with van der Waals surface area (Å²) in [5.74, 6) is 0.932. The molecule has 0 spiro atoms. The monoisotopic (exact) mass is 283 g/mol. The maximum absolute atomic E-state index is 6.00. The summed E-state index contributed by atoms with van der Waals surface area (Å²) in [6, 6.07) is 1.98. The Kier molecular flexibility index (Phi) is 3.13. The fourth-order valence-electron chi connectivity index (χ4n) is 2.39. The SMILES string of the molecule is C[C@@H]1CN(c2nc(Cl)nc3ccsc23)C[C@H](C)O1. The van der Waals surface area contributed by atoms with E-state index in [9.17, 15) is 0 Å².